The van der Waals surface area contributed by atoms with E-state index in [0.29, 0.717) is 17.4 Å². The molecule has 0 spiro atoms. The third-order valence-electron chi connectivity index (χ3n) is 2.19. The first-order chi connectivity index (χ1) is 7.66. The molecule has 1 atom stereocenters. The van der Waals surface area contributed by atoms with E-state index in [4.69, 9.17) is 17.3 Å². The van der Waals surface area contributed by atoms with E-state index in [2.05, 4.69) is 15.5 Å². The normalized spacial score (nSPS) is 12.7. The van der Waals surface area contributed by atoms with Gasteiger partial charge in [-0.1, -0.05) is 23.7 Å². The van der Waals surface area contributed by atoms with Crippen LogP contribution in [0.15, 0.2) is 24.3 Å². The Bertz CT molecular complexity index is 480. The highest BCUT2D eigenvalue weighted by Gasteiger charge is 2.10. The Kier molecular flexibility index (Phi) is 3.17. The smallest absolute Gasteiger partial charge is 0.168 e. The molecule has 0 aliphatic carbocycles. The zero-order valence-corrected chi connectivity index (χ0v) is 9.59. The van der Waals surface area contributed by atoms with E-state index >= 15 is 0 Å². The Hall–Kier alpha value is -1.46. The van der Waals surface area contributed by atoms with E-state index in [1.54, 1.807) is 4.68 Å². The predicted molar refractivity (Wildman–Crippen MR) is 61.0 cm³/mol. The minimum Gasteiger partial charge on any atom is -0.322 e. The number of halogens is 1. The van der Waals surface area contributed by atoms with Crippen molar-refractivity contribution in [2.45, 2.75) is 19.5 Å². The van der Waals surface area contributed by atoms with Gasteiger partial charge in [-0.15, -0.1) is 5.10 Å². The fraction of sp³-hybridized carbons (Fsp3) is 0.300. The first kappa shape index (κ1) is 11.0. The van der Waals surface area contributed by atoms with Crippen molar-refractivity contribution in [1.82, 2.24) is 20.2 Å². The summed E-state index contributed by atoms with van der Waals surface area (Å²) in [7, 11) is 0. The summed E-state index contributed by atoms with van der Waals surface area (Å²) in [5.41, 5.74) is 6.80. The minimum absolute atomic E-state index is 0.186. The average molecular weight is 238 g/mol. The van der Waals surface area contributed by atoms with Crippen LogP contribution in [0.4, 0.5) is 0 Å². The molecule has 5 nitrogen and oxygen atoms in total. The minimum atomic E-state index is -0.186. The van der Waals surface area contributed by atoms with Crippen molar-refractivity contribution in [2.75, 3.05) is 0 Å². The summed E-state index contributed by atoms with van der Waals surface area (Å²) in [6, 6.07) is 7.39. The lowest BCUT2D eigenvalue weighted by molar-refractivity contribution is 0.587. The first-order valence-corrected chi connectivity index (χ1v) is 5.30. The maximum Gasteiger partial charge on any atom is 0.168 e. The number of nitrogens with zero attached hydrogens (tertiary/aromatic N) is 4. The molecule has 1 unspecified atom stereocenters. The summed E-state index contributed by atoms with van der Waals surface area (Å²) >= 11 is 5.90. The van der Waals surface area contributed by atoms with Gasteiger partial charge < -0.3 is 5.73 Å². The largest absolute Gasteiger partial charge is 0.322 e. The maximum absolute atomic E-state index is 5.90. The van der Waals surface area contributed by atoms with Gasteiger partial charge in [0.15, 0.2) is 5.82 Å². The van der Waals surface area contributed by atoms with E-state index in [0.717, 1.165) is 5.56 Å². The van der Waals surface area contributed by atoms with Crippen LogP contribution in [-0.4, -0.2) is 20.2 Å². The molecule has 0 fully saturated rings. The molecular formula is C10H12ClN5. The molecule has 0 saturated carbocycles. The van der Waals surface area contributed by atoms with E-state index in [1.165, 1.54) is 0 Å². The van der Waals surface area contributed by atoms with Gasteiger partial charge in [-0.05, 0) is 35.0 Å². The van der Waals surface area contributed by atoms with Crippen LogP contribution in [0.25, 0.3) is 0 Å². The summed E-state index contributed by atoms with van der Waals surface area (Å²) in [5, 5.41) is 12.1. The molecule has 1 aromatic carbocycles. The number of nitrogens with two attached hydrogens (primary N) is 1. The zero-order chi connectivity index (χ0) is 11.5. The van der Waals surface area contributed by atoms with Crippen molar-refractivity contribution in [3.63, 3.8) is 0 Å². The fourth-order valence-electron chi connectivity index (χ4n) is 1.46. The number of aromatic nitrogens is 4. The average Bonchev–Trinajstić information content (AvgIpc) is 2.66. The Morgan fingerprint density at radius 3 is 3.00 bits per heavy atom. The first-order valence-electron chi connectivity index (χ1n) is 4.93. The summed E-state index contributed by atoms with van der Waals surface area (Å²) in [6.45, 7) is 2.42. The van der Waals surface area contributed by atoms with Gasteiger partial charge in [0.2, 0.25) is 0 Å². The highest BCUT2D eigenvalue weighted by atomic mass is 35.5. The second-order valence-corrected chi connectivity index (χ2v) is 4.05. The Balaban J connectivity index is 2.24. The molecule has 16 heavy (non-hydrogen) atoms. The molecule has 0 amide bonds. The Labute approximate surface area is 98.2 Å². The Morgan fingerprint density at radius 1 is 1.50 bits per heavy atom. The molecule has 2 rings (SSSR count). The lowest BCUT2D eigenvalue weighted by atomic mass is 10.2. The van der Waals surface area contributed by atoms with Gasteiger partial charge >= 0.3 is 0 Å². The van der Waals surface area contributed by atoms with Crippen LogP contribution < -0.4 is 5.73 Å². The van der Waals surface area contributed by atoms with Crippen molar-refractivity contribution >= 4 is 11.6 Å². The number of benzene rings is 1. The highest BCUT2D eigenvalue weighted by Crippen LogP contribution is 2.13. The molecule has 0 aliphatic heterocycles. The lowest BCUT2D eigenvalue weighted by Gasteiger charge is -2.07. The standard InChI is InChI=1S/C10H12ClN5/c1-7(12)10-13-14-15-16(10)6-8-3-2-4-9(11)5-8/h2-5,7H,6,12H2,1H3. The monoisotopic (exact) mass is 237 g/mol. The van der Waals surface area contributed by atoms with Crippen molar-refractivity contribution in [2.24, 2.45) is 5.73 Å². The summed E-state index contributed by atoms with van der Waals surface area (Å²) < 4.78 is 1.68. The predicted octanol–water partition coefficient (Wildman–Crippen LogP) is 1.39. The third kappa shape index (κ3) is 2.37. The van der Waals surface area contributed by atoms with Crippen LogP contribution in [0.3, 0.4) is 0 Å². The van der Waals surface area contributed by atoms with Crippen molar-refractivity contribution in [3.8, 4) is 0 Å². The maximum atomic E-state index is 5.90. The fourth-order valence-corrected chi connectivity index (χ4v) is 1.67. The molecule has 84 valence electrons. The summed E-state index contributed by atoms with van der Waals surface area (Å²) in [5.74, 6) is 0.667. The molecule has 0 bridgehead atoms. The van der Waals surface area contributed by atoms with Crippen LogP contribution in [0, 0.1) is 0 Å². The van der Waals surface area contributed by atoms with Crippen LogP contribution in [0.1, 0.15) is 24.4 Å². The van der Waals surface area contributed by atoms with Gasteiger partial charge in [-0.3, -0.25) is 0 Å². The quantitative estimate of drug-likeness (QED) is 0.876. The SMILES string of the molecule is CC(N)c1nnnn1Cc1cccc(Cl)c1. The van der Waals surface area contributed by atoms with Crippen LogP contribution in [0.5, 0.6) is 0 Å². The number of rotatable bonds is 3. The van der Waals surface area contributed by atoms with Gasteiger partial charge in [0.25, 0.3) is 0 Å². The molecule has 0 radical (unpaired) electrons. The topological polar surface area (TPSA) is 69.6 Å². The molecular weight excluding hydrogens is 226 g/mol. The molecule has 6 heteroatoms. The van der Waals surface area contributed by atoms with E-state index in [-0.39, 0.29) is 6.04 Å². The molecule has 2 N–H and O–H groups in total. The summed E-state index contributed by atoms with van der Waals surface area (Å²) in [4.78, 5) is 0. The highest BCUT2D eigenvalue weighted by molar-refractivity contribution is 6.30. The van der Waals surface area contributed by atoms with Crippen LogP contribution in [-0.2, 0) is 6.54 Å². The number of hydrogen-bond donors (Lipinski definition) is 1. The number of tetrazole rings is 1. The molecule has 0 aliphatic rings. The van der Waals surface area contributed by atoms with Crippen molar-refractivity contribution in [3.05, 3.63) is 40.7 Å². The molecule has 0 saturated heterocycles. The molecule has 1 aromatic heterocycles. The van der Waals surface area contributed by atoms with E-state index < -0.39 is 0 Å². The number of hydrogen-bond acceptors (Lipinski definition) is 4. The molecule has 2 aromatic rings. The third-order valence-corrected chi connectivity index (χ3v) is 2.42. The summed E-state index contributed by atoms with van der Waals surface area (Å²) in [6.07, 6.45) is 0. The van der Waals surface area contributed by atoms with Gasteiger partial charge in [-0.2, -0.15) is 0 Å². The van der Waals surface area contributed by atoms with E-state index in [1.807, 2.05) is 31.2 Å². The van der Waals surface area contributed by atoms with Crippen molar-refractivity contribution in [1.29, 1.82) is 0 Å². The second-order valence-electron chi connectivity index (χ2n) is 3.61. The van der Waals surface area contributed by atoms with Gasteiger partial charge in [0.1, 0.15) is 0 Å². The van der Waals surface area contributed by atoms with Gasteiger partial charge in [0, 0.05) is 5.02 Å². The Morgan fingerprint density at radius 2 is 2.31 bits per heavy atom. The second kappa shape index (κ2) is 4.59. The van der Waals surface area contributed by atoms with Gasteiger partial charge in [0.05, 0.1) is 12.6 Å². The van der Waals surface area contributed by atoms with Crippen molar-refractivity contribution < 1.29 is 0 Å². The van der Waals surface area contributed by atoms with Crippen LogP contribution >= 0.6 is 11.6 Å². The van der Waals surface area contributed by atoms with E-state index in [9.17, 15) is 0 Å². The lowest BCUT2D eigenvalue weighted by Crippen LogP contribution is -2.15. The van der Waals surface area contributed by atoms with Crippen LogP contribution in [0.2, 0.25) is 5.02 Å². The molecule has 1 heterocycles. The van der Waals surface area contributed by atoms with Gasteiger partial charge in [-0.25, -0.2) is 4.68 Å². The zero-order valence-electron chi connectivity index (χ0n) is 8.84.